The van der Waals surface area contributed by atoms with E-state index in [-0.39, 0.29) is 17.7 Å². The Labute approximate surface area is 191 Å². The molecule has 2 aliphatic rings. The Balaban J connectivity index is 1.37. The zero-order chi connectivity index (χ0) is 22.2. The summed E-state index contributed by atoms with van der Waals surface area (Å²) in [4.78, 5) is 27.9. The van der Waals surface area contributed by atoms with Gasteiger partial charge in [-0.2, -0.15) is 0 Å². The van der Waals surface area contributed by atoms with Gasteiger partial charge in [-0.15, -0.1) is 0 Å². The molecule has 0 saturated heterocycles. The van der Waals surface area contributed by atoms with E-state index in [4.69, 9.17) is 16.1 Å². The molecule has 1 aliphatic heterocycles. The van der Waals surface area contributed by atoms with Crippen molar-refractivity contribution in [1.82, 2.24) is 5.16 Å². The van der Waals surface area contributed by atoms with Gasteiger partial charge >= 0.3 is 0 Å². The number of benzene rings is 2. The third-order valence-electron chi connectivity index (χ3n) is 6.42. The van der Waals surface area contributed by atoms with Crippen molar-refractivity contribution in [3.05, 3.63) is 64.4 Å². The number of nitrogens with one attached hydrogen (secondary N) is 1. The lowest BCUT2D eigenvalue weighted by atomic mass is 10.1. The minimum Gasteiger partial charge on any atom is -0.360 e. The smallest absolute Gasteiger partial charge is 0.261 e. The van der Waals surface area contributed by atoms with Crippen LogP contribution in [0, 0.1) is 12.8 Å². The number of nitrogens with zero attached hydrogens (tertiary/aromatic N) is 2. The lowest BCUT2D eigenvalue weighted by molar-refractivity contribution is -0.122. The molecular formula is C25H24ClN3O3. The van der Waals surface area contributed by atoms with Crippen LogP contribution >= 0.6 is 11.6 Å². The third kappa shape index (κ3) is 3.69. The highest BCUT2D eigenvalue weighted by Crippen LogP contribution is 2.36. The number of aryl methyl sites for hydroxylation is 1. The van der Waals surface area contributed by atoms with Crippen molar-refractivity contribution in [1.29, 1.82) is 0 Å². The average molecular weight is 450 g/mol. The molecule has 1 fully saturated rings. The van der Waals surface area contributed by atoms with Gasteiger partial charge in [-0.1, -0.05) is 47.8 Å². The van der Waals surface area contributed by atoms with Gasteiger partial charge in [0.25, 0.3) is 5.91 Å². The fraction of sp³-hybridized carbons (Fsp3) is 0.320. The van der Waals surface area contributed by atoms with Crippen molar-refractivity contribution in [3.63, 3.8) is 0 Å². The minimum atomic E-state index is -0.310. The van der Waals surface area contributed by atoms with Crippen molar-refractivity contribution in [2.75, 3.05) is 16.8 Å². The Morgan fingerprint density at radius 1 is 1.16 bits per heavy atom. The molecule has 1 aromatic heterocycles. The molecule has 2 amide bonds. The largest absolute Gasteiger partial charge is 0.360 e. The van der Waals surface area contributed by atoms with E-state index in [1.54, 1.807) is 13.0 Å². The van der Waals surface area contributed by atoms with Crippen molar-refractivity contribution < 1.29 is 14.1 Å². The van der Waals surface area contributed by atoms with Gasteiger partial charge in [0, 0.05) is 29.4 Å². The SMILES string of the molecule is Cc1onc(-c2ccccc2Cl)c1C(=O)Nc1ccc2c(c1)CCN2C(=O)C1CCCC1. The lowest BCUT2D eigenvalue weighted by Gasteiger charge is -2.21. The van der Waals surface area contributed by atoms with E-state index in [0.29, 0.717) is 39.8 Å². The molecule has 1 N–H and O–H groups in total. The third-order valence-corrected chi connectivity index (χ3v) is 6.75. The van der Waals surface area contributed by atoms with Gasteiger partial charge in [0.15, 0.2) is 0 Å². The maximum atomic E-state index is 13.1. The number of carbonyl (C=O) groups is 2. The van der Waals surface area contributed by atoms with Gasteiger partial charge in [0.05, 0.1) is 5.02 Å². The highest BCUT2D eigenvalue weighted by molar-refractivity contribution is 6.33. The van der Waals surface area contributed by atoms with Crippen LogP contribution in [0.5, 0.6) is 0 Å². The Morgan fingerprint density at radius 2 is 1.94 bits per heavy atom. The van der Waals surface area contributed by atoms with Crippen LogP contribution in [0.2, 0.25) is 5.02 Å². The molecule has 3 aromatic rings. The summed E-state index contributed by atoms with van der Waals surface area (Å²) < 4.78 is 5.31. The number of fused-ring (bicyclic) bond motifs is 1. The Morgan fingerprint density at radius 3 is 2.72 bits per heavy atom. The van der Waals surface area contributed by atoms with Crippen LogP contribution < -0.4 is 10.2 Å². The van der Waals surface area contributed by atoms with Crippen LogP contribution in [0.3, 0.4) is 0 Å². The molecule has 1 saturated carbocycles. The monoisotopic (exact) mass is 449 g/mol. The second-order valence-corrected chi connectivity index (χ2v) is 8.87. The number of halogens is 1. The van der Waals surface area contributed by atoms with E-state index >= 15 is 0 Å². The molecule has 1 aliphatic carbocycles. The van der Waals surface area contributed by atoms with Crippen LogP contribution in [-0.2, 0) is 11.2 Å². The molecule has 0 unspecified atom stereocenters. The van der Waals surface area contributed by atoms with Gasteiger partial charge in [0.1, 0.15) is 17.0 Å². The van der Waals surface area contributed by atoms with Gasteiger partial charge in [-0.05, 0) is 56.0 Å². The zero-order valence-electron chi connectivity index (χ0n) is 17.9. The summed E-state index contributed by atoms with van der Waals surface area (Å²) in [6.45, 7) is 2.40. The molecule has 7 heteroatoms. The zero-order valence-corrected chi connectivity index (χ0v) is 18.6. The minimum absolute atomic E-state index is 0.153. The number of anilines is 2. The predicted octanol–water partition coefficient (Wildman–Crippen LogP) is 5.64. The maximum absolute atomic E-state index is 13.1. The summed E-state index contributed by atoms with van der Waals surface area (Å²) in [7, 11) is 0. The Hall–Kier alpha value is -3.12. The second-order valence-electron chi connectivity index (χ2n) is 8.46. The first-order chi connectivity index (χ1) is 15.5. The van der Waals surface area contributed by atoms with E-state index in [1.807, 2.05) is 41.3 Å². The predicted molar refractivity (Wildman–Crippen MR) is 124 cm³/mol. The van der Waals surface area contributed by atoms with Gasteiger partial charge in [0.2, 0.25) is 5.91 Å². The van der Waals surface area contributed by atoms with Crippen molar-refractivity contribution in [2.45, 2.75) is 39.0 Å². The van der Waals surface area contributed by atoms with Crippen LogP contribution in [0.4, 0.5) is 11.4 Å². The lowest BCUT2D eigenvalue weighted by Crippen LogP contribution is -2.33. The van der Waals surface area contributed by atoms with Gasteiger partial charge < -0.3 is 14.7 Å². The summed E-state index contributed by atoms with van der Waals surface area (Å²) in [6, 6.07) is 12.9. The molecule has 32 heavy (non-hydrogen) atoms. The second kappa shape index (κ2) is 8.43. The normalized spacial score (nSPS) is 15.8. The van der Waals surface area contributed by atoms with Crippen molar-refractivity contribution in [3.8, 4) is 11.3 Å². The van der Waals surface area contributed by atoms with E-state index in [0.717, 1.165) is 43.4 Å². The molecule has 2 aromatic carbocycles. The van der Waals surface area contributed by atoms with E-state index in [1.165, 1.54) is 0 Å². The molecule has 0 bridgehead atoms. The van der Waals surface area contributed by atoms with Crippen LogP contribution in [0.1, 0.15) is 47.4 Å². The molecular weight excluding hydrogens is 426 g/mol. The van der Waals surface area contributed by atoms with Gasteiger partial charge in [-0.25, -0.2) is 0 Å². The molecule has 0 radical (unpaired) electrons. The number of carbonyl (C=O) groups excluding carboxylic acids is 2. The first-order valence-corrected chi connectivity index (χ1v) is 11.4. The summed E-state index contributed by atoms with van der Waals surface area (Å²) in [5, 5.41) is 7.53. The summed E-state index contributed by atoms with van der Waals surface area (Å²) in [5.41, 5.74) is 4.12. The first-order valence-electron chi connectivity index (χ1n) is 11.0. The molecule has 0 atom stereocenters. The van der Waals surface area contributed by atoms with Crippen LogP contribution in [0.25, 0.3) is 11.3 Å². The molecule has 0 spiro atoms. The Bertz CT molecular complexity index is 1200. The molecule has 6 nitrogen and oxygen atoms in total. The Kier molecular flexibility index (Phi) is 5.47. The first kappa shape index (κ1) is 20.8. The topological polar surface area (TPSA) is 75.4 Å². The fourth-order valence-electron chi connectivity index (χ4n) is 4.77. The summed E-state index contributed by atoms with van der Waals surface area (Å²) in [6.07, 6.45) is 5.05. The van der Waals surface area contributed by atoms with Gasteiger partial charge in [-0.3, -0.25) is 9.59 Å². The highest BCUT2D eigenvalue weighted by Gasteiger charge is 2.32. The molecule has 5 rings (SSSR count). The van der Waals surface area contributed by atoms with Crippen molar-refractivity contribution in [2.24, 2.45) is 5.92 Å². The summed E-state index contributed by atoms with van der Waals surface area (Å²) in [5.74, 6) is 0.505. The van der Waals surface area contributed by atoms with E-state index in [9.17, 15) is 9.59 Å². The summed E-state index contributed by atoms with van der Waals surface area (Å²) >= 11 is 6.31. The number of aromatic nitrogens is 1. The highest BCUT2D eigenvalue weighted by atomic mass is 35.5. The molecule has 164 valence electrons. The standard InChI is InChI=1S/C25H24ClN3O3/c1-15-22(23(28-32-15)19-8-4-5-9-20(19)26)24(30)27-18-10-11-21-17(14-18)12-13-29(21)25(31)16-6-2-3-7-16/h4-5,8-11,14,16H,2-3,6-7,12-13H2,1H3,(H,27,30). The quantitative estimate of drug-likeness (QED) is 0.559. The van der Waals surface area contributed by atoms with Crippen LogP contribution in [-0.4, -0.2) is 23.5 Å². The molecule has 2 heterocycles. The van der Waals surface area contributed by atoms with Crippen molar-refractivity contribution >= 4 is 34.8 Å². The maximum Gasteiger partial charge on any atom is 0.261 e. The number of amides is 2. The number of hydrogen-bond acceptors (Lipinski definition) is 4. The van der Waals surface area contributed by atoms with E-state index in [2.05, 4.69) is 10.5 Å². The number of hydrogen-bond donors (Lipinski definition) is 1. The van der Waals surface area contributed by atoms with Crippen LogP contribution in [0.15, 0.2) is 47.0 Å². The van der Waals surface area contributed by atoms with E-state index < -0.39 is 0 Å². The fourth-order valence-corrected chi connectivity index (χ4v) is 5.00. The number of rotatable bonds is 4. The average Bonchev–Trinajstić information content (AvgIpc) is 3.53.